The van der Waals surface area contributed by atoms with Crippen molar-refractivity contribution in [1.29, 1.82) is 0 Å². The van der Waals surface area contributed by atoms with E-state index in [1.807, 2.05) is 42.5 Å². The summed E-state index contributed by atoms with van der Waals surface area (Å²) in [5.41, 5.74) is 2.99. The lowest BCUT2D eigenvalue weighted by atomic mass is 9.95. The summed E-state index contributed by atoms with van der Waals surface area (Å²) < 4.78 is 19.1. The van der Waals surface area contributed by atoms with Crippen molar-refractivity contribution >= 4 is 17.0 Å². The number of methoxy groups -OCH3 is 3. The van der Waals surface area contributed by atoms with E-state index >= 15 is 0 Å². The lowest BCUT2D eigenvalue weighted by Gasteiger charge is -2.26. The fourth-order valence-corrected chi connectivity index (χ4v) is 5.10. The van der Waals surface area contributed by atoms with E-state index in [1.54, 1.807) is 32.7 Å². The third kappa shape index (κ3) is 4.10. The number of ether oxygens (including phenoxy) is 3. The van der Waals surface area contributed by atoms with Gasteiger partial charge in [-0.1, -0.05) is 31.4 Å². The normalized spacial score (nSPS) is 15.2. The second-order valence-corrected chi connectivity index (χ2v) is 8.25. The van der Waals surface area contributed by atoms with Crippen LogP contribution in [0.2, 0.25) is 0 Å². The van der Waals surface area contributed by atoms with Crippen LogP contribution in [-0.2, 0) is 0 Å². The van der Waals surface area contributed by atoms with Crippen molar-refractivity contribution in [3.05, 3.63) is 52.6 Å². The van der Waals surface area contributed by atoms with E-state index in [0.29, 0.717) is 6.04 Å². The van der Waals surface area contributed by atoms with E-state index < -0.39 is 0 Å². The number of nitrogens with zero attached hydrogens (tertiary/aromatic N) is 2. The summed E-state index contributed by atoms with van der Waals surface area (Å²) in [6.07, 6.45) is 6.12. The van der Waals surface area contributed by atoms with Crippen LogP contribution in [0.3, 0.4) is 0 Å². The highest BCUT2D eigenvalue weighted by Crippen LogP contribution is 2.38. The summed E-state index contributed by atoms with van der Waals surface area (Å²) in [6.45, 7) is 0. The molecule has 1 fully saturated rings. The Bertz CT molecular complexity index is 1060. The van der Waals surface area contributed by atoms with Gasteiger partial charge in [-0.15, -0.1) is 11.3 Å². The molecule has 4 rings (SSSR count). The molecule has 5 nitrogen and oxygen atoms in total. The third-order valence-corrected chi connectivity index (χ3v) is 6.51. The number of para-hydroxylation sites is 2. The van der Waals surface area contributed by atoms with Gasteiger partial charge in [0.25, 0.3) is 0 Å². The third-order valence-electron chi connectivity index (χ3n) is 5.67. The molecule has 1 aromatic heterocycles. The molecule has 0 amide bonds. The van der Waals surface area contributed by atoms with Crippen LogP contribution in [0.5, 0.6) is 17.2 Å². The van der Waals surface area contributed by atoms with Crippen molar-refractivity contribution in [3.8, 4) is 28.5 Å². The van der Waals surface area contributed by atoms with Gasteiger partial charge in [0.1, 0.15) is 22.9 Å². The molecule has 30 heavy (non-hydrogen) atoms. The highest BCUT2D eigenvalue weighted by atomic mass is 32.1. The Kier molecular flexibility index (Phi) is 6.43. The van der Waals surface area contributed by atoms with E-state index in [-0.39, 0.29) is 0 Å². The Balaban J connectivity index is 1.92. The van der Waals surface area contributed by atoms with Crippen molar-refractivity contribution in [2.45, 2.75) is 38.1 Å². The lowest BCUT2D eigenvalue weighted by molar-refractivity contribution is 0.350. The molecule has 0 N–H and O–H groups in total. The SMILES string of the molecule is COc1ccc(OC)c(-c2csc(=Nc3ccccc3OC)n2C2CCCCC2)c1. The Morgan fingerprint density at radius 3 is 2.40 bits per heavy atom. The number of hydrogen-bond acceptors (Lipinski definition) is 5. The molecule has 1 aliphatic carbocycles. The Hall–Kier alpha value is -2.73. The molecular weight excluding hydrogens is 396 g/mol. The van der Waals surface area contributed by atoms with E-state index in [0.717, 1.165) is 51.8 Å². The Morgan fingerprint density at radius 1 is 0.900 bits per heavy atom. The number of hydrogen-bond donors (Lipinski definition) is 0. The molecule has 0 radical (unpaired) electrons. The first kappa shape index (κ1) is 20.5. The van der Waals surface area contributed by atoms with Gasteiger partial charge in [0.05, 0.1) is 27.0 Å². The van der Waals surface area contributed by atoms with Crippen LogP contribution >= 0.6 is 11.3 Å². The van der Waals surface area contributed by atoms with Crippen LogP contribution in [0, 0.1) is 0 Å². The summed E-state index contributed by atoms with van der Waals surface area (Å²) in [4.78, 5) is 5.99. The maximum atomic E-state index is 5.69. The average Bonchev–Trinajstić information content (AvgIpc) is 3.22. The zero-order chi connectivity index (χ0) is 20.9. The molecule has 158 valence electrons. The maximum Gasteiger partial charge on any atom is 0.190 e. The quantitative estimate of drug-likeness (QED) is 0.489. The molecule has 3 aromatic rings. The van der Waals surface area contributed by atoms with Crippen LogP contribution in [0.1, 0.15) is 38.1 Å². The predicted octanol–water partition coefficient (Wildman–Crippen LogP) is 5.98. The standard InChI is InChI=1S/C24H28N2O3S/c1-27-18-13-14-22(28-2)19(15-18)21-16-30-24(26(21)17-9-5-4-6-10-17)25-20-11-7-8-12-23(20)29-3/h7-8,11-17H,4-6,9-10H2,1-3H3. The van der Waals surface area contributed by atoms with Crippen LogP contribution in [0.25, 0.3) is 11.3 Å². The molecule has 1 saturated carbocycles. The molecule has 0 aliphatic heterocycles. The first-order valence-corrected chi connectivity index (χ1v) is 11.2. The van der Waals surface area contributed by atoms with Gasteiger partial charge in [-0.3, -0.25) is 0 Å². The fourth-order valence-electron chi connectivity index (χ4n) is 4.13. The second kappa shape index (κ2) is 9.39. The average molecular weight is 425 g/mol. The fraction of sp³-hybridized carbons (Fsp3) is 0.375. The van der Waals surface area contributed by atoms with E-state index in [4.69, 9.17) is 19.2 Å². The molecule has 0 bridgehead atoms. The van der Waals surface area contributed by atoms with E-state index in [1.165, 1.54) is 19.3 Å². The molecular formula is C24H28N2O3S. The Morgan fingerprint density at radius 2 is 1.67 bits per heavy atom. The van der Waals surface area contributed by atoms with Gasteiger partial charge in [0, 0.05) is 17.0 Å². The topological polar surface area (TPSA) is 45.0 Å². The smallest absolute Gasteiger partial charge is 0.190 e. The minimum absolute atomic E-state index is 0.421. The van der Waals surface area contributed by atoms with Gasteiger partial charge in [0.2, 0.25) is 0 Å². The van der Waals surface area contributed by atoms with Crippen molar-refractivity contribution < 1.29 is 14.2 Å². The first-order valence-electron chi connectivity index (χ1n) is 10.4. The molecule has 2 aromatic carbocycles. The molecule has 0 spiro atoms. The van der Waals surface area contributed by atoms with Gasteiger partial charge < -0.3 is 18.8 Å². The van der Waals surface area contributed by atoms with Gasteiger partial charge in [-0.05, 0) is 43.2 Å². The van der Waals surface area contributed by atoms with Gasteiger partial charge in [-0.25, -0.2) is 4.99 Å². The number of rotatable bonds is 6. The summed E-state index contributed by atoms with van der Waals surface area (Å²) >= 11 is 1.66. The number of thiazole rings is 1. The van der Waals surface area contributed by atoms with Crippen molar-refractivity contribution in [2.24, 2.45) is 4.99 Å². The predicted molar refractivity (Wildman–Crippen MR) is 121 cm³/mol. The van der Waals surface area contributed by atoms with Crippen molar-refractivity contribution in [3.63, 3.8) is 0 Å². The minimum Gasteiger partial charge on any atom is -0.497 e. The van der Waals surface area contributed by atoms with Crippen LogP contribution < -0.4 is 19.0 Å². The van der Waals surface area contributed by atoms with Crippen LogP contribution in [0.15, 0.2) is 52.8 Å². The number of aromatic nitrogens is 1. The monoisotopic (exact) mass is 424 g/mol. The molecule has 1 aliphatic rings. The minimum atomic E-state index is 0.421. The molecule has 6 heteroatoms. The zero-order valence-electron chi connectivity index (χ0n) is 17.8. The summed E-state index contributed by atoms with van der Waals surface area (Å²) in [7, 11) is 5.09. The summed E-state index contributed by atoms with van der Waals surface area (Å²) in [5.74, 6) is 2.43. The Labute approximate surface area is 181 Å². The molecule has 1 heterocycles. The van der Waals surface area contributed by atoms with Crippen LogP contribution in [-0.4, -0.2) is 25.9 Å². The zero-order valence-corrected chi connectivity index (χ0v) is 18.6. The van der Waals surface area contributed by atoms with Gasteiger partial charge in [-0.2, -0.15) is 0 Å². The highest BCUT2D eigenvalue weighted by molar-refractivity contribution is 7.07. The highest BCUT2D eigenvalue weighted by Gasteiger charge is 2.22. The van der Waals surface area contributed by atoms with E-state index in [9.17, 15) is 0 Å². The van der Waals surface area contributed by atoms with E-state index in [2.05, 4.69) is 9.95 Å². The largest absolute Gasteiger partial charge is 0.497 e. The molecule has 0 unspecified atom stereocenters. The van der Waals surface area contributed by atoms with Gasteiger partial charge in [0.15, 0.2) is 4.80 Å². The summed E-state index contributed by atoms with van der Waals surface area (Å²) in [6, 6.07) is 14.3. The lowest BCUT2D eigenvalue weighted by Crippen LogP contribution is -2.23. The summed E-state index contributed by atoms with van der Waals surface area (Å²) in [5, 5.41) is 2.18. The van der Waals surface area contributed by atoms with Crippen molar-refractivity contribution in [1.82, 2.24) is 4.57 Å². The first-order chi connectivity index (χ1) is 14.7. The number of benzene rings is 2. The molecule has 0 saturated heterocycles. The van der Waals surface area contributed by atoms with Crippen molar-refractivity contribution in [2.75, 3.05) is 21.3 Å². The second-order valence-electron chi connectivity index (χ2n) is 7.42. The molecule has 0 atom stereocenters. The maximum absolute atomic E-state index is 5.69. The van der Waals surface area contributed by atoms with Gasteiger partial charge >= 0.3 is 0 Å². The van der Waals surface area contributed by atoms with Crippen LogP contribution in [0.4, 0.5) is 5.69 Å².